The molecule has 2 aromatic carbocycles. The Morgan fingerprint density at radius 2 is 1.29 bits per heavy atom. The highest BCUT2D eigenvalue weighted by atomic mass is 15.0. The summed E-state index contributed by atoms with van der Waals surface area (Å²) in [4.78, 5) is 9.58. The second-order valence-electron chi connectivity index (χ2n) is 9.39. The fourth-order valence-corrected chi connectivity index (χ4v) is 4.84. The molecule has 3 nitrogen and oxygen atoms in total. The van der Waals surface area contributed by atoms with Crippen LogP contribution in [0.15, 0.2) is 67.1 Å². The van der Waals surface area contributed by atoms with E-state index in [1.54, 1.807) is 0 Å². The number of para-hydroxylation sites is 1. The van der Waals surface area contributed by atoms with Crippen LogP contribution in [0.4, 0.5) is 0 Å². The van der Waals surface area contributed by atoms with E-state index in [4.69, 9.17) is 4.98 Å². The van der Waals surface area contributed by atoms with Gasteiger partial charge in [-0.05, 0) is 47.3 Å². The van der Waals surface area contributed by atoms with E-state index in [1.165, 1.54) is 44.1 Å². The van der Waals surface area contributed by atoms with Gasteiger partial charge in [-0.25, -0.2) is 4.98 Å². The molecular weight excluding hydrogens is 378 g/mol. The molecule has 0 amide bonds. The standard InChI is InChI=1S/C28H29N3/c1-18(2)13-20-15-29-16-21(14-19(3)4)27(20)26-17-30-28-24-11-6-5-9-22(24)23-10-7-8-12-25(23)31(26)28/h5-12,15-19H,13-14H2,1-4H3. The molecule has 3 heterocycles. The highest BCUT2D eigenvalue weighted by Crippen LogP contribution is 2.36. The lowest BCUT2D eigenvalue weighted by Gasteiger charge is -2.18. The third-order valence-electron chi connectivity index (χ3n) is 5.98. The molecule has 5 rings (SSSR count). The fraction of sp³-hybridized carbons (Fsp3) is 0.286. The van der Waals surface area contributed by atoms with Gasteiger partial charge in [-0.1, -0.05) is 70.2 Å². The monoisotopic (exact) mass is 407 g/mol. The fourth-order valence-electron chi connectivity index (χ4n) is 4.84. The molecule has 0 atom stereocenters. The number of benzene rings is 2. The van der Waals surface area contributed by atoms with Gasteiger partial charge >= 0.3 is 0 Å². The lowest BCUT2D eigenvalue weighted by molar-refractivity contribution is 0.634. The van der Waals surface area contributed by atoms with Crippen molar-refractivity contribution in [3.05, 3.63) is 78.2 Å². The molecule has 3 heteroatoms. The zero-order chi connectivity index (χ0) is 21.5. The number of pyridine rings is 2. The van der Waals surface area contributed by atoms with Crippen LogP contribution in [0.5, 0.6) is 0 Å². The summed E-state index contributed by atoms with van der Waals surface area (Å²) in [5.74, 6) is 1.12. The lowest BCUT2D eigenvalue weighted by atomic mass is 9.91. The minimum absolute atomic E-state index is 0.562. The second-order valence-corrected chi connectivity index (χ2v) is 9.39. The average molecular weight is 408 g/mol. The summed E-state index contributed by atoms with van der Waals surface area (Å²) in [5.41, 5.74) is 7.33. The van der Waals surface area contributed by atoms with Crippen LogP contribution >= 0.6 is 0 Å². The smallest absolute Gasteiger partial charge is 0.145 e. The molecule has 0 fully saturated rings. The first kappa shape index (κ1) is 19.7. The van der Waals surface area contributed by atoms with Crippen molar-refractivity contribution in [1.82, 2.24) is 14.4 Å². The summed E-state index contributed by atoms with van der Waals surface area (Å²) in [6, 6.07) is 17.3. The Bertz CT molecular complexity index is 1360. The van der Waals surface area contributed by atoms with E-state index in [1.807, 2.05) is 0 Å². The third kappa shape index (κ3) is 3.38. The van der Waals surface area contributed by atoms with Gasteiger partial charge in [-0.2, -0.15) is 0 Å². The van der Waals surface area contributed by atoms with Crippen molar-refractivity contribution in [2.75, 3.05) is 0 Å². The van der Waals surface area contributed by atoms with E-state index < -0.39 is 0 Å². The maximum Gasteiger partial charge on any atom is 0.145 e. The van der Waals surface area contributed by atoms with Gasteiger partial charge in [0.1, 0.15) is 5.65 Å². The van der Waals surface area contributed by atoms with Crippen LogP contribution in [0.25, 0.3) is 38.6 Å². The Morgan fingerprint density at radius 1 is 0.710 bits per heavy atom. The van der Waals surface area contributed by atoms with Crippen molar-refractivity contribution < 1.29 is 0 Å². The van der Waals surface area contributed by atoms with Crippen molar-refractivity contribution in [2.45, 2.75) is 40.5 Å². The highest BCUT2D eigenvalue weighted by Gasteiger charge is 2.20. The molecule has 0 saturated carbocycles. The van der Waals surface area contributed by atoms with E-state index in [-0.39, 0.29) is 0 Å². The zero-order valence-electron chi connectivity index (χ0n) is 18.8. The number of fused-ring (bicyclic) bond motifs is 6. The molecule has 31 heavy (non-hydrogen) atoms. The van der Waals surface area contributed by atoms with Crippen LogP contribution in [-0.4, -0.2) is 14.4 Å². The van der Waals surface area contributed by atoms with Gasteiger partial charge in [-0.3, -0.25) is 9.38 Å². The van der Waals surface area contributed by atoms with Gasteiger partial charge in [0.05, 0.1) is 17.4 Å². The third-order valence-corrected chi connectivity index (χ3v) is 5.98. The molecule has 0 aliphatic carbocycles. The number of nitrogens with zero attached hydrogens (tertiary/aromatic N) is 3. The summed E-state index contributed by atoms with van der Waals surface area (Å²) in [7, 11) is 0. The maximum atomic E-state index is 4.96. The topological polar surface area (TPSA) is 30.2 Å². The molecule has 0 radical (unpaired) electrons. The summed E-state index contributed by atoms with van der Waals surface area (Å²) >= 11 is 0. The van der Waals surface area contributed by atoms with Crippen molar-refractivity contribution in [3.8, 4) is 11.3 Å². The maximum absolute atomic E-state index is 4.96. The number of imidazole rings is 1. The summed E-state index contributed by atoms with van der Waals surface area (Å²) in [6.07, 6.45) is 8.20. The predicted octanol–water partition coefficient (Wildman–Crippen LogP) is 7.10. The van der Waals surface area contributed by atoms with Crippen molar-refractivity contribution in [2.24, 2.45) is 11.8 Å². The second kappa shape index (κ2) is 7.81. The van der Waals surface area contributed by atoms with E-state index in [0.717, 1.165) is 18.5 Å². The molecular formula is C28H29N3. The van der Waals surface area contributed by atoms with Gasteiger partial charge in [-0.15, -0.1) is 0 Å². The molecule has 0 N–H and O–H groups in total. The Labute approximate surface area is 183 Å². The molecule has 0 unspecified atom stereocenters. The van der Waals surface area contributed by atoms with Gasteiger partial charge in [0.2, 0.25) is 0 Å². The van der Waals surface area contributed by atoms with E-state index in [9.17, 15) is 0 Å². The number of hydrogen-bond donors (Lipinski definition) is 0. The highest BCUT2D eigenvalue weighted by molar-refractivity contribution is 6.12. The summed E-state index contributed by atoms with van der Waals surface area (Å²) in [6.45, 7) is 9.10. The quantitative estimate of drug-likeness (QED) is 0.291. The normalized spacial score (nSPS) is 12.1. The minimum atomic E-state index is 0.562. The van der Waals surface area contributed by atoms with Gasteiger partial charge in [0.15, 0.2) is 0 Å². The first-order valence-electron chi connectivity index (χ1n) is 11.3. The van der Waals surface area contributed by atoms with E-state index in [0.29, 0.717) is 11.8 Å². The molecule has 0 aliphatic rings. The van der Waals surface area contributed by atoms with Crippen LogP contribution in [0, 0.1) is 11.8 Å². The number of rotatable bonds is 5. The number of aromatic nitrogens is 3. The minimum Gasteiger partial charge on any atom is -0.292 e. The van der Waals surface area contributed by atoms with E-state index in [2.05, 4.69) is 104 Å². The average Bonchev–Trinajstić information content (AvgIpc) is 3.18. The van der Waals surface area contributed by atoms with Crippen LogP contribution in [0.3, 0.4) is 0 Å². The SMILES string of the molecule is CC(C)Cc1cncc(CC(C)C)c1-c1cnc2c3ccccc3c3ccccc3n12. The van der Waals surface area contributed by atoms with Gasteiger partial charge < -0.3 is 0 Å². The van der Waals surface area contributed by atoms with Crippen LogP contribution in [-0.2, 0) is 12.8 Å². The van der Waals surface area contributed by atoms with Gasteiger partial charge in [0.25, 0.3) is 0 Å². The summed E-state index contributed by atoms with van der Waals surface area (Å²) < 4.78 is 2.36. The molecule has 0 bridgehead atoms. The zero-order valence-corrected chi connectivity index (χ0v) is 18.8. The lowest BCUT2D eigenvalue weighted by Crippen LogP contribution is -2.06. The Morgan fingerprint density at radius 3 is 1.94 bits per heavy atom. The Kier molecular flexibility index (Phi) is 4.97. The first-order chi connectivity index (χ1) is 15.0. The summed E-state index contributed by atoms with van der Waals surface area (Å²) in [5, 5.41) is 3.70. The Hall–Kier alpha value is -3.20. The molecule has 0 spiro atoms. The largest absolute Gasteiger partial charge is 0.292 e. The molecule has 0 aliphatic heterocycles. The van der Waals surface area contributed by atoms with Crippen LogP contribution in [0.1, 0.15) is 38.8 Å². The van der Waals surface area contributed by atoms with Crippen LogP contribution in [0.2, 0.25) is 0 Å². The molecule has 0 saturated heterocycles. The number of hydrogen-bond acceptors (Lipinski definition) is 2. The predicted molar refractivity (Wildman–Crippen MR) is 131 cm³/mol. The molecule has 5 aromatic rings. The van der Waals surface area contributed by atoms with Crippen LogP contribution < -0.4 is 0 Å². The van der Waals surface area contributed by atoms with Crippen molar-refractivity contribution in [1.29, 1.82) is 0 Å². The molecule has 156 valence electrons. The Balaban J connectivity index is 1.91. The van der Waals surface area contributed by atoms with Crippen molar-refractivity contribution >= 4 is 27.3 Å². The molecule has 3 aromatic heterocycles. The van der Waals surface area contributed by atoms with Gasteiger partial charge in [0, 0.05) is 28.7 Å². The van der Waals surface area contributed by atoms with Crippen molar-refractivity contribution in [3.63, 3.8) is 0 Å². The van der Waals surface area contributed by atoms with E-state index >= 15 is 0 Å². The first-order valence-corrected chi connectivity index (χ1v) is 11.3.